The van der Waals surface area contributed by atoms with Gasteiger partial charge in [-0.05, 0) is 81.6 Å². The SMILES string of the molecule is Cc1cc(C)cc(C(=O)N(C)[C@@H](C)C(=O)N(c2cc(C)cc(C)c2)[C@@H](Cc2c[nH]c3ccccc23)C(=O)O)c1. The van der Waals surface area contributed by atoms with Crippen LogP contribution in [0.15, 0.2) is 66.9 Å². The molecule has 1 heterocycles. The van der Waals surface area contributed by atoms with E-state index in [9.17, 15) is 19.5 Å². The van der Waals surface area contributed by atoms with Crippen LogP contribution in [0.5, 0.6) is 0 Å². The van der Waals surface area contributed by atoms with Gasteiger partial charge in [0.25, 0.3) is 5.91 Å². The van der Waals surface area contributed by atoms with E-state index in [1.165, 1.54) is 9.80 Å². The van der Waals surface area contributed by atoms with Gasteiger partial charge in [-0.15, -0.1) is 0 Å². The third-order valence-electron chi connectivity index (χ3n) is 7.13. The maximum atomic E-state index is 14.2. The third kappa shape index (κ3) is 5.87. The standard InChI is InChI=1S/C32H35N3O4/c1-19-11-20(2)14-24(13-19)31(37)34(6)23(5)30(36)35(26-15-21(3)12-22(4)16-26)29(32(38)39)17-25-18-33-28-10-8-7-9-27(25)28/h7-16,18,23,29,33H,17H2,1-6H3,(H,38,39)/t23-,29-/m0/s1. The van der Waals surface area contributed by atoms with E-state index >= 15 is 0 Å². The summed E-state index contributed by atoms with van der Waals surface area (Å²) in [6.07, 6.45) is 1.89. The summed E-state index contributed by atoms with van der Waals surface area (Å²) in [5, 5.41) is 11.4. The van der Waals surface area contributed by atoms with E-state index in [0.717, 1.165) is 38.7 Å². The first-order chi connectivity index (χ1) is 18.5. The van der Waals surface area contributed by atoms with Crippen molar-refractivity contribution in [2.75, 3.05) is 11.9 Å². The number of H-pyrrole nitrogens is 1. The molecule has 0 spiro atoms. The van der Waals surface area contributed by atoms with E-state index in [0.29, 0.717) is 11.3 Å². The van der Waals surface area contributed by atoms with Crippen LogP contribution in [0.25, 0.3) is 10.9 Å². The number of nitrogens with zero attached hydrogens (tertiary/aromatic N) is 2. The molecular formula is C32H35N3O4. The first-order valence-corrected chi connectivity index (χ1v) is 13.0. The lowest BCUT2D eigenvalue weighted by atomic mass is 10.0. The molecule has 7 heteroatoms. The van der Waals surface area contributed by atoms with E-state index in [1.807, 2.05) is 76.2 Å². The number of hydrogen-bond donors (Lipinski definition) is 2. The van der Waals surface area contributed by atoms with Gasteiger partial charge in [-0.1, -0.05) is 41.5 Å². The van der Waals surface area contributed by atoms with Crippen LogP contribution in [-0.4, -0.2) is 51.9 Å². The van der Waals surface area contributed by atoms with Gasteiger partial charge in [0.05, 0.1) is 0 Å². The van der Waals surface area contributed by atoms with Gasteiger partial charge in [0.1, 0.15) is 12.1 Å². The summed E-state index contributed by atoms with van der Waals surface area (Å²) in [6, 6.07) is 16.7. The van der Waals surface area contributed by atoms with Gasteiger partial charge in [0, 0.05) is 41.8 Å². The molecule has 2 amide bonds. The van der Waals surface area contributed by atoms with E-state index in [1.54, 1.807) is 32.3 Å². The van der Waals surface area contributed by atoms with Crippen LogP contribution in [0.1, 0.15) is 45.1 Å². The van der Waals surface area contributed by atoms with Crippen molar-refractivity contribution in [1.29, 1.82) is 0 Å². The number of fused-ring (bicyclic) bond motifs is 1. The molecule has 4 rings (SSSR count). The first kappa shape index (κ1) is 27.6. The van der Waals surface area contributed by atoms with E-state index in [2.05, 4.69) is 4.98 Å². The summed E-state index contributed by atoms with van der Waals surface area (Å²) < 4.78 is 0. The highest BCUT2D eigenvalue weighted by Gasteiger charge is 2.37. The van der Waals surface area contributed by atoms with Crippen molar-refractivity contribution in [1.82, 2.24) is 9.88 Å². The number of aliphatic carboxylic acids is 1. The molecule has 4 aromatic rings. The number of carbonyl (C=O) groups is 3. The van der Waals surface area contributed by atoms with Crippen molar-refractivity contribution in [3.63, 3.8) is 0 Å². The normalized spacial score (nSPS) is 12.7. The number of aryl methyl sites for hydroxylation is 4. The van der Waals surface area contributed by atoms with Crippen molar-refractivity contribution >= 4 is 34.4 Å². The predicted octanol–water partition coefficient (Wildman–Crippen LogP) is 5.59. The number of para-hydroxylation sites is 1. The number of likely N-dealkylation sites (N-methyl/N-ethyl adjacent to an activating group) is 1. The fourth-order valence-electron chi connectivity index (χ4n) is 5.19. The molecule has 0 saturated carbocycles. The van der Waals surface area contributed by atoms with Crippen molar-refractivity contribution in [2.45, 2.75) is 53.1 Å². The van der Waals surface area contributed by atoms with Gasteiger partial charge in [-0.2, -0.15) is 0 Å². The van der Waals surface area contributed by atoms with Crippen LogP contribution < -0.4 is 4.90 Å². The Bertz CT molecular complexity index is 1510. The van der Waals surface area contributed by atoms with Crippen molar-refractivity contribution in [3.05, 3.63) is 100 Å². The first-order valence-electron chi connectivity index (χ1n) is 13.0. The number of carboxylic acids is 1. The fraction of sp³-hybridized carbons (Fsp3) is 0.281. The van der Waals surface area contributed by atoms with Gasteiger partial charge < -0.3 is 15.0 Å². The molecule has 0 fully saturated rings. The fourth-order valence-corrected chi connectivity index (χ4v) is 5.19. The number of carboxylic acid groups (broad SMARTS) is 1. The average molecular weight is 526 g/mol. The lowest BCUT2D eigenvalue weighted by Crippen LogP contribution is -2.54. The van der Waals surface area contributed by atoms with E-state index in [4.69, 9.17) is 0 Å². The number of rotatable bonds is 8. The summed E-state index contributed by atoms with van der Waals surface area (Å²) in [6.45, 7) is 9.30. The van der Waals surface area contributed by atoms with Crippen LogP contribution in [0.3, 0.4) is 0 Å². The molecule has 202 valence electrons. The van der Waals surface area contributed by atoms with Crippen LogP contribution in [0.4, 0.5) is 5.69 Å². The molecule has 2 atom stereocenters. The topological polar surface area (TPSA) is 93.7 Å². The van der Waals surface area contributed by atoms with Crippen LogP contribution >= 0.6 is 0 Å². The highest BCUT2D eigenvalue weighted by Crippen LogP contribution is 2.27. The molecule has 1 aromatic heterocycles. The second kappa shape index (κ2) is 11.2. The van der Waals surface area contributed by atoms with Crippen molar-refractivity contribution < 1.29 is 19.5 Å². The van der Waals surface area contributed by atoms with Gasteiger partial charge in [-0.25, -0.2) is 4.79 Å². The highest BCUT2D eigenvalue weighted by molar-refractivity contribution is 6.05. The van der Waals surface area contributed by atoms with Crippen molar-refractivity contribution in [2.24, 2.45) is 0 Å². The number of aromatic amines is 1. The maximum Gasteiger partial charge on any atom is 0.327 e. The monoisotopic (exact) mass is 525 g/mol. The van der Waals surface area contributed by atoms with Crippen LogP contribution in [0, 0.1) is 27.7 Å². The number of aromatic nitrogens is 1. The van der Waals surface area contributed by atoms with E-state index in [-0.39, 0.29) is 12.3 Å². The molecule has 0 aliphatic carbocycles. The number of hydrogen-bond acceptors (Lipinski definition) is 3. The molecule has 0 unspecified atom stereocenters. The number of benzene rings is 3. The van der Waals surface area contributed by atoms with Crippen LogP contribution in [-0.2, 0) is 16.0 Å². The van der Waals surface area contributed by atoms with Gasteiger partial charge in [-0.3, -0.25) is 14.5 Å². The molecule has 7 nitrogen and oxygen atoms in total. The van der Waals surface area contributed by atoms with Gasteiger partial charge in [0.15, 0.2) is 0 Å². The minimum Gasteiger partial charge on any atom is -0.480 e. The second-order valence-electron chi connectivity index (χ2n) is 10.4. The zero-order chi connectivity index (χ0) is 28.4. The van der Waals surface area contributed by atoms with Gasteiger partial charge >= 0.3 is 5.97 Å². The Morgan fingerprint density at radius 1 is 0.872 bits per heavy atom. The number of nitrogens with one attached hydrogen (secondary N) is 1. The second-order valence-corrected chi connectivity index (χ2v) is 10.4. The Morgan fingerprint density at radius 2 is 1.44 bits per heavy atom. The summed E-state index contributed by atoms with van der Waals surface area (Å²) >= 11 is 0. The lowest BCUT2D eigenvalue weighted by Gasteiger charge is -2.34. The molecule has 0 aliphatic rings. The number of anilines is 1. The summed E-state index contributed by atoms with van der Waals surface area (Å²) in [4.78, 5) is 46.3. The Balaban J connectivity index is 1.75. The summed E-state index contributed by atoms with van der Waals surface area (Å²) in [7, 11) is 1.58. The largest absolute Gasteiger partial charge is 0.480 e. The molecule has 3 aromatic carbocycles. The molecule has 0 radical (unpaired) electrons. The maximum absolute atomic E-state index is 14.2. The minimum atomic E-state index is -1.19. The highest BCUT2D eigenvalue weighted by atomic mass is 16.4. The number of amides is 2. The molecule has 0 aliphatic heterocycles. The third-order valence-corrected chi connectivity index (χ3v) is 7.13. The average Bonchev–Trinajstić information content (AvgIpc) is 3.28. The van der Waals surface area contributed by atoms with Crippen LogP contribution in [0.2, 0.25) is 0 Å². The summed E-state index contributed by atoms with van der Waals surface area (Å²) in [5.41, 5.74) is 6.39. The molecule has 0 saturated heterocycles. The Hall–Kier alpha value is -4.39. The smallest absolute Gasteiger partial charge is 0.327 e. The summed E-state index contributed by atoms with van der Waals surface area (Å²) in [5.74, 6) is -1.89. The zero-order valence-corrected chi connectivity index (χ0v) is 23.3. The zero-order valence-electron chi connectivity index (χ0n) is 23.3. The Kier molecular flexibility index (Phi) is 7.90. The van der Waals surface area contributed by atoms with E-state index < -0.39 is 24.0 Å². The van der Waals surface area contributed by atoms with Gasteiger partial charge in [0.2, 0.25) is 5.91 Å². The number of carbonyl (C=O) groups excluding carboxylic acids is 2. The predicted molar refractivity (Wildman–Crippen MR) is 154 cm³/mol. The Labute approximate surface area is 229 Å². The molecule has 2 N–H and O–H groups in total. The molecular weight excluding hydrogens is 490 g/mol. The Morgan fingerprint density at radius 3 is 2.03 bits per heavy atom. The molecule has 39 heavy (non-hydrogen) atoms. The van der Waals surface area contributed by atoms with Crippen molar-refractivity contribution in [3.8, 4) is 0 Å². The lowest BCUT2D eigenvalue weighted by molar-refractivity contribution is -0.140. The molecule has 0 bridgehead atoms. The quantitative estimate of drug-likeness (QED) is 0.314. The minimum absolute atomic E-state index is 0.0968.